The lowest BCUT2D eigenvalue weighted by molar-refractivity contribution is 0.0600. The smallest absolute Gasteiger partial charge is 0.339 e. The Morgan fingerprint density at radius 2 is 1.78 bits per heavy atom. The number of aromatic nitrogens is 1. The Morgan fingerprint density at radius 3 is 2.47 bits per heavy atom. The monoisotopic (exact) mass is 506 g/mol. The molecule has 0 aliphatic heterocycles. The summed E-state index contributed by atoms with van der Waals surface area (Å²) in [4.78, 5) is 30.3. The highest BCUT2D eigenvalue weighted by Gasteiger charge is 2.30. The lowest BCUT2D eigenvalue weighted by Gasteiger charge is -2.19. The van der Waals surface area contributed by atoms with Gasteiger partial charge in [0, 0.05) is 36.6 Å². The summed E-state index contributed by atoms with van der Waals surface area (Å²) in [7, 11) is 3.05. The third-order valence-corrected chi connectivity index (χ3v) is 7.20. The Hall–Kier alpha value is -3.22. The van der Waals surface area contributed by atoms with E-state index in [4.69, 9.17) is 16.3 Å². The molecule has 3 aromatic rings. The second kappa shape index (κ2) is 11.7. The average Bonchev–Trinajstić information content (AvgIpc) is 3.36. The quantitative estimate of drug-likeness (QED) is 0.409. The van der Waals surface area contributed by atoms with Crippen LogP contribution in [0.1, 0.15) is 62.8 Å². The van der Waals surface area contributed by atoms with Crippen molar-refractivity contribution in [1.29, 1.82) is 0 Å². The van der Waals surface area contributed by atoms with E-state index in [0.717, 1.165) is 36.8 Å². The van der Waals surface area contributed by atoms with Crippen molar-refractivity contribution in [2.45, 2.75) is 38.3 Å². The average molecular weight is 507 g/mol. The number of nitrogens with zero attached hydrogens (tertiary/aromatic N) is 2. The molecule has 0 saturated heterocycles. The summed E-state index contributed by atoms with van der Waals surface area (Å²) in [5, 5.41) is 11.5. The zero-order chi connectivity index (χ0) is 25.7. The number of rotatable bonds is 8. The molecule has 0 radical (unpaired) electrons. The lowest BCUT2D eigenvalue weighted by atomic mass is 9.91. The molecule has 1 aliphatic carbocycles. The van der Waals surface area contributed by atoms with Gasteiger partial charge < -0.3 is 14.7 Å². The fourth-order valence-corrected chi connectivity index (χ4v) is 5.13. The van der Waals surface area contributed by atoms with Gasteiger partial charge in [-0.05, 0) is 84.5 Å². The van der Waals surface area contributed by atoms with E-state index >= 15 is 0 Å². The third kappa shape index (κ3) is 6.31. The molecule has 0 unspecified atom stereocenters. The second-order valence-electron chi connectivity index (χ2n) is 9.57. The topological polar surface area (TPSA) is 79.7 Å². The summed E-state index contributed by atoms with van der Waals surface area (Å²) in [6.45, 7) is 0.331. The molecule has 36 heavy (non-hydrogen) atoms. The van der Waals surface area contributed by atoms with Crippen LogP contribution in [0.4, 0.5) is 0 Å². The molecule has 3 atom stereocenters. The summed E-state index contributed by atoms with van der Waals surface area (Å²) in [5.41, 5.74) is 3.83. The van der Waals surface area contributed by atoms with Crippen LogP contribution in [0.25, 0.3) is 0 Å². The fourth-order valence-electron chi connectivity index (χ4n) is 5.00. The first kappa shape index (κ1) is 25.9. The summed E-state index contributed by atoms with van der Waals surface area (Å²) in [6, 6.07) is 16.9. The molecule has 0 bridgehead atoms. The molecule has 7 heteroatoms. The molecule has 1 amide bonds. The largest absolute Gasteiger partial charge is 0.465 e. The highest BCUT2D eigenvalue weighted by atomic mass is 35.5. The number of aliphatic hydroxyl groups excluding tert-OH is 1. The van der Waals surface area contributed by atoms with Crippen LogP contribution in [0.2, 0.25) is 5.02 Å². The molecule has 1 aromatic heterocycles. The standard InChI is InChI=1S/C29H31ClN2O4/c1-32(18-21-15-25(17-31-16-21)29(35)36-2)28(34)23-6-3-19(4-7-23)13-20-5-8-24(14-20)27(33)22-9-11-26(30)12-10-22/h3-4,6-7,9-12,15-17,20,24,27,33H,5,8,13-14,18H2,1-2H3/t20-,24-,27+/m0/s1. The predicted octanol–water partition coefficient (Wildman–Crippen LogP) is 5.49. The number of aliphatic hydroxyl groups is 1. The molecule has 1 aliphatic rings. The molecule has 2 aromatic carbocycles. The zero-order valence-corrected chi connectivity index (χ0v) is 21.3. The van der Waals surface area contributed by atoms with Crippen molar-refractivity contribution in [3.63, 3.8) is 0 Å². The summed E-state index contributed by atoms with van der Waals surface area (Å²) < 4.78 is 4.74. The van der Waals surface area contributed by atoms with Gasteiger partial charge >= 0.3 is 5.97 Å². The lowest BCUT2D eigenvalue weighted by Crippen LogP contribution is -2.26. The first-order chi connectivity index (χ1) is 17.3. The summed E-state index contributed by atoms with van der Waals surface area (Å²) >= 11 is 5.97. The number of carbonyl (C=O) groups excluding carboxylic acids is 2. The van der Waals surface area contributed by atoms with Crippen molar-refractivity contribution < 1.29 is 19.4 Å². The van der Waals surface area contributed by atoms with Gasteiger partial charge in [0.05, 0.1) is 18.8 Å². The Kier molecular flexibility index (Phi) is 8.39. The van der Waals surface area contributed by atoms with Crippen molar-refractivity contribution >= 4 is 23.5 Å². The van der Waals surface area contributed by atoms with Crippen LogP contribution in [0.3, 0.4) is 0 Å². The molecular weight excluding hydrogens is 476 g/mol. The van der Waals surface area contributed by atoms with E-state index in [0.29, 0.717) is 28.6 Å². The van der Waals surface area contributed by atoms with Crippen molar-refractivity contribution in [3.05, 3.63) is 99.8 Å². The maximum atomic E-state index is 12.9. The van der Waals surface area contributed by atoms with Crippen molar-refractivity contribution in [2.75, 3.05) is 14.2 Å². The Balaban J connectivity index is 1.31. The van der Waals surface area contributed by atoms with Crippen LogP contribution in [0.15, 0.2) is 67.0 Å². The van der Waals surface area contributed by atoms with Crippen LogP contribution < -0.4 is 0 Å². The number of esters is 1. The minimum Gasteiger partial charge on any atom is -0.465 e. The zero-order valence-electron chi connectivity index (χ0n) is 20.6. The number of benzene rings is 2. The molecule has 6 nitrogen and oxygen atoms in total. The van der Waals surface area contributed by atoms with Gasteiger partial charge in [-0.3, -0.25) is 9.78 Å². The van der Waals surface area contributed by atoms with E-state index < -0.39 is 12.1 Å². The second-order valence-corrected chi connectivity index (χ2v) is 10.0. The number of hydrogen-bond acceptors (Lipinski definition) is 5. The molecule has 1 N–H and O–H groups in total. The molecule has 1 saturated carbocycles. The number of carbonyl (C=O) groups is 2. The van der Waals surface area contributed by atoms with Gasteiger partial charge in [0.1, 0.15) is 0 Å². The summed E-state index contributed by atoms with van der Waals surface area (Å²) in [6.07, 6.45) is 6.61. The van der Waals surface area contributed by atoms with Gasteiger partial charge in [0.15, 0.2) is 0 Å². The minimum absolute atomic E-state index is 0.1000. The molecule has 188 valence electrons. The van der Waals surface area contributed by atoms with Crippen molar-refractivity contribution in [2.24, 2.45) is 11.8 Å². The highest BCUT2D eigenvalue weighted by molar-refractivity contribution is 6.30. The van der Waals surface area contributed by atoms with Gasteiger partial charge in [-0.1, -0.05) is 35.9 Å². The molecule has 0 spiro atoms. The highest BCUT2D eigenvalue weighted by Crippen LogP contribution is 2.40. The van der Waals surface area contributed by atoms with E-state index in [1.807, 2.05) is 48.5 Å². The van der Waals surface area contributed by atoms with Crippen LogP contribution in [-0.2, 0) is 17.7 Å². The summed E-state index contributed by atoms with van der Waals surface area (Å²) in [5.74, 6) is 0.202. The Labute approximate surface area is 216 Å². The third-order valence-electron chi connectivity index (χ3n) is 6.95. The van der Waals surface area contributed by atoms with Gasteiger partial charge in [-0.25, -0.2) is 4.79 Å². The van der Waals surface area contributed by atoms with Crippen LogP contribution >= 0.6 is 11.6 Å². The van der Waals surface area contributed by atoms with E-state index in [-0.39, 0.29) is 11.8 Å². The Bertz CT molecular complexity index is 1200. The van der Waals surface area contributed by atoms with Crippen LogP contribution in [-0.4, -0.2) is 41.0 Å². The Morgan fingerprint density at radius 1 is 1.06 bits per heavy atom. The molecule has 4 rings (SSSR count). The number of halogens is 1. The van der Waals surface area contributed by atoms with E-state index in [1.165, 1.54) is 18.9 Å². The SMILES string of the molecule is COC(=O)c1cncc(CN(C)C(=O)c2ccc(C[C@@H]3CC[C@H]([C@H](O)c4ccc(Cl)cc4)C3)cc2)c1. The van der Waals surface area contributed by atoms with Crippen LogP contribution in [0.5, 0.6) is 0 Å². The van der Waals surface area contributed by atoms with Gasteiger partial charge in [-0.15, -0.1) is 0 Å². The minimum atomic E-state index is -0.466. The maximum absolute atomic E-state index is 12.9. The van der Waals surface area contributed by atoms with Crippen LogP contribution in [0, 0.1) is 11.8 Å². The first-order valence-electron chi connectivity index (χ1n) is 12.1. The van der Waals surface area contributed by atoms with E-state index in [1.54, 1.807) is 24.2 Å². The molecule has 1 fully saturated rings. The molecular formula is C29H31ClN2O4. The maximum Gasteiger partial charge on any atom is 0.339 e. The first-order valence-corrected chi connectivity index (χ1v) is 12.5. The fraction of sp³-hybridized carbons (Fsp3) is 0.345. The number of amides is 1. The predicted molar refractivity (Wildman–Crippen MR) is 139 cm³/mol. The van der Waals surface area contributed by atoms with Crippen molar-refractivity contribution in [3.8, 4) is 0 Å². The number of ether oxygens (including phenoxy) is 1. The van der Waals surface area contributed by atoms with E-state index in [2.05, 4.69) is 4.98 Å². The van der Waals surface area contributed by atoms with Crippen molar-refractivity contribution in [1.82, 2.24) is 9.88 Å². The normalized spacial score (nSPS) is 18.0. The van der Waals surface area contributed by atoms with Gasteiger partial charge in [0.2, 0.25) is 0 Å². The van der Waals surface area contributed by atoms with Gasteiger partial charge in [0.25, 0.3) is 5.91 Å². The molecule has 1 heterocycles. The number of methoxy groups -OCH3 is 1. The number of pyridine rings is 1. The van der Waals surface area contributed by atoms with Gasteiger partial charge in [-0.2, -0.15) is 0 Å². The number of hydrogen-bond donors (Lipinski definition) is 1. The van der Waals surface area contributed by atoms with E-state index in [9.17, 15) is 14.7 Å².